The van der Waals surface area contributed by atoms with E-state index >= 15 is 0 Å². The smallest absolute Gasteiger partial charge is 0.338 e. The molecule has 0 saturated carbocycles. The van der Waals surface area contributed by atoms with Gasteiger partial charge in [0.1, 0.15) is 5.00 Å². The van der Waals surface area contributed by atoms with Crippen molar-refractivity contribution in [2.24, 2.45) is 0 Å². The fourth-order valence-electron chi connectivity index (χ4n) is 1.29. The number of carbonyl (C=O) groups excluding carboxylic acids is 1. The minimum Gasteiger partial charge on any atom is -0.465 e. The maximum absolute atomic E-state index is 11.6. The van der Waals surface area contributed by atoms with Gasteiger partial charge in [-0.1, -0.05) is 11.6 Å². The van der Waals surface area contributed by atoms with Crippen molar-refractivity contribution in [1.29, 1.82) is 0 Å². The Morgan fingerprint density at radius 3 is 2.69 bits per heavy atom. The summed E-state index contributed by atoms with van der Waals surface area (Å²) in [6.45, 7) is 1.80. The highest BCUT2D eigenvalue weighted by Gasteiger charge is 2.31. The number of hydrogen-bond donors (Lipinski definition) is 0. The third kappa shape index (κ3) is 2.33. The monoisotopic (exact) mass is 242 g/mol. The lowest BCUT2D eigenvalue weighted by Gasteiger charge is -2.31. The Hall–Kier alpha value is -1.13. The zero-order valence-corrected chi connectivity index (χ0v) is 10.6. The second-order valence-electron chi connectivity index (χ2n) is 3.76. The molecule has 0 aliphatic rings. The van der Waals surface area contributed by atoms with Crippen LogP contribution in [0.4, 0.5) is 0 Å². The van der Waals surface area contributed by atoms with E-state index in [1.807, 2.05) is 14.1 Å². The molecular weight excluding hydrogens is 228 g/mol. The highest BCUT2D eigenvalue weighted by Crippen LogP contribution is 2.32. The number of halogens is 1. The Morgan fingerprint density at radius 2 is 2.19 bits per heavy atom. The summed E-state index contributed by atoms with van der Waals surface area (Å²) in [5.41, 5.74) is 1.07. The van der Waals surface area contributed by atoms with Crippen LogP contribution in [0.3, 0.4) is 0 Å². The molecule has 4 nitrogen and oxygen atoms in total. The highest BCUT2D eigenvalue weighted by molar-refractivity contribution is 6.24. The maximum Gasteiger partial charge on any atom is 0.338 e. The Labute approximate surface area is 100 Å². The van der Waals surface area contributed by atoms with Gasteiger partial charge in [0.15, 0.2) is 0 Å². The lowest BCUT2D eigenvalue weighted by atomic mass is 10.0. The number of rotatable bonds is 3. The Balaban J connectivity index is 3.28. The van der Waals surface area contributed by atoms with E-state index in [1.165, 1.54) is 7.11 Å². The number of methoxy groups -OCH3 is 1. The third-order valence-electron chi connectivity index (χ3n) is 2.56. The van der Waals surface area contributed by atoms with Gasteiger partial charge in [-0.25, -0.2) is 4.79 Å². The molecule has 0 radical (unpaired) electrons. The van der Waals surface area contributed by atoms with E-state index in [1.54, 1.807) is 30.3 Å². The number of nitrogens with zero attached hydrogens (tertiary/aromatic N) is 2. The van der Waals surface area contributed by atoms with Gasteiger partial charge in [0.2, 0.25) is 0 Å². The molecule has 1 unspecified atom stereocenters. The van der Waals surface area contributed by atoms with E-state index in [0.29, 0.717) is 11.1 Å². The molecule has 0 amide bonds. The molecule has 1 atom stereocenters. The Bertz CT molecular complexity index is 391. The average molecular weight is 243 g/mol. The summed E-state index contributed by atoms with van der Waals surface area (Å²) >= 11 is 6.38. The van der Waals surface area contributed by atoms with Crippen LogP contribution >= 0.6 is 11.6 Å². The summed E-state index contributed by atoms with van der Waals surface area (Å²) in [5, 5.41) is 0. The van der Waals surface area contributed by atoms with Crippen LogP contribution in [0.1, 0.15) is 22.8 Å². The van der Waals surface area contributed by atoms with Crippen LogP contribution in [0.15, 0.2) is 18.5 Å². The molecule has 1 aromatic rings. The first-order valence-corrected chi connectivity index (χ1v) is 5.18. The van der Waals surface area contributed by atoms with Crippen molar-refractivity contribution < 1.29 is 9.53 Å². The SMILES string of the molecule is COC(=O)c1ccncc1C(C)(Cl)N(C)C. The molecule has 0 aliphatic heterocycles. The Morgan fingerprint density at radius 1 is 1.56 bits per heavy atom. The van der Waals surface area contributed by atoms with Crippen molar-refractivity contribution in [3.05, 3.63) is 29.6 Å². The molecule has 1 rings (SSSR count). The summed E-state index contributed by atoms with van der Waals surface area (Å²) in [6.07, 6.45) is 3.12. The van der Waals surface area contributed by atoms with Gasteiger partial charge in [-0.05, 0) is 27.1 Å². The van der Waals surface area contributed by atoms with E-state index in [4.69, 9.17) is 16.3 Å². The number of hydrogen-bond acceptors (Lipinski definition) is 4. The lowest BCUT2D eigenvalue weighted by Crippen LogP contribution is -2.34. The number of alkyl halides is 1. The zero-order chi connectivity index (χ0) is 12.3. The maximum atomic E-state index is 11.6. The number of ether oxygens (including phenoxy) is 1. The van der Waals surface area contributed by atoms with Crippen molar-refractivity contribution in [3.8, 4) is 0 Å². The predicted octanol–water partition coefficient (Wildman–Crippen LogP) is 1.84. The molecule has 1 heterocycles. The number of pyridine rings is 1. The van der Waals surface area contributed by atoms with Gasteiger partial charge in [-0.15, -0.1) is 0 Å². The third-order valence-corrected chi connectivity index (χ3v) is 3.10. The van der Waals surface area contributed by atoms with Gasteiger partial charge in [0, 0.05) is 18.0 Å². The summed E-state index contributed by atoms with van der Waals surface area (Å²) in [5.74, 6) is -0.411. The fraction of sp³-hybridized carbons (Fsp3) is 0.455. The summed E-state index contributed by atoms with van der Waals surface area (Å²) in [4.78, 5) is 16.6. The minimum atomic E-state index is -0.794. The number of carbonyl (C=O) groups is 1. The van der Waals surface area contributed by atoms with Crippen molar-refractivity contribution in [3.63, 3.8) is 0 Å². The summed E-state index contributed by atoms with van der Waals surface area (Å²) in [7, 11) is 5.01. The van der Waals surface area contributed by atoms with E-state index in [0.717, 1.165) is 0 Å². The number of esters is 1. The van der Waals surface area contributed by atoms with Gasteiger partial charge in [0.05, 0.1) is 12.7 Å². The fourth-order valence-corrected chi connectivity index (χ4v) is 1.44. The molecule has 88 valence electrons. The van der Waals surface area contributed by atoms with E-state index in [9.17, 15) is 4.79 Å². The summed E-state index contributed by atoms with van der Waals surface area (Å²) < 4.78 is 4.71. The molecule has 0 bridgehead atoms. The van der Waals surface area contributed by atoms with Crippen molar-refractivity contribution in [2.75, 3.05) is 21.2 Å². The van der Waals surface area contributed by atoms with Crippen LogP contribution < -0.4 is 0 Å². The molecule has 0 spiro atoms. The second kappa shape index (κ2) is 4.80. The van der Waals surface area contributed by atoms with Gasteiger partial charge < -0.3 is 4.74 Å². The molecule has 5 heteroatoms. The van der Waals surface area contributed by atoms with Gasteiger partial charge in [-0.3, -0.25) is 9.88 Å². The topological polar surface area (TPSA) is 42.4 Å². The average Bonchev–Trinajstić information content (AvgIpc) is 2.27. The van der Waals surface area contributed by atoms with Crippen LogP contribution in [-0.4, -0.2) is 37.1 Å². The van der Waals surface area contributed by atoms with Crippen LogP contribution in [-0.2, 0) is 9.73 Å². The van der Waals surface area contributed by atoms with Crippen molar-refractivity contribution >= 4 is 17.6 Å². The molecule has 0 saturated heterocycles. The van der Waals surface area contributed by atoms with E-state index < -0.39 is 11.0 Å². The largest absolute Gasteiger partial charge is 0.465 e. The van der Waals surface area contributed by atoms with Crippen molar-refractivity contribution in [2.45, 2.75) is 11.9 Å². The molecule has 0 fully saturated rings. The van der Waals surface area contributed by atoms with Crippen LogP contribution in [0.2, 0.25) is 0 Å². The van der Waals surface area contributed by atoms with Gasteiger partial charge in [-0.2, -0.15) is 0 Å². The summed E-state index contributed by atoms with van der Waals surface area (Å²) in [6, 6.07) is 1.60. The second-order valence-corrected chi connectivity index (χ2v) is 4.50. The number of aromatic nitrogens is 1. The van der Waals surface area contributed by atoms with Crippen LogP contribution in [0.5, 0.6) is 0 Å². The first kappa shape index (κ1) is 12.9. The quantitative estimate of drug-likeness (QED) is 0.461. The molecule has 16 heavy (non-hydrogen) atoms. The predicted molar refractivity (Wildman–Crippen MR) is 62.5 cm³/mol. The lowest BCUT2D eigenvalue weighted by molar-refractivity contribution is 0.0596. The van der Waals surface area contributed by atoms with Crippen LogP contribution in [0, 0.1) is 0 Å². The molecular formula is C11H15ClN2O2. The minimum absolute atomic E-state index is 0.411. The normalized spacial score (nSPS) is 14.6. The molecule has 0 aliphatic carbocycles. The van der Waals surface area contributed by atoms with Gasteiger partial charge in [0.25, 0.3) is 0 Å². The standard InChI is InChI=1S/C11H15ClN2O2/c1-11(12,14(2)3)9-7-13-6-5-8(9)10(15)16-4/h5-7H,1-4H3. The molecule has 0 aromatic carbocycles. The Kier molecular flexibility index (Phi) is 3.88. The molecule has 1 aromatic heterocycles. The highest BCUT2D eigenvalue weighted by atomic mass is 35.5. The van der Waals surface area contributed by atoms with Gasteiger partial charge >= 0.3 is 5.97 Å². The zero-order valence-electron chi connectivity index (χ0n) is 9.82. The molecule has 0 N–H and O–H groups in total. The first-order valence-electron chi connectivity index (χ1n) is 4.80. The first-order chi connectivity index (χ1) is 7.41. The van der Waals surface area contributed by atoms with Crippen molar-refractivity contribution in [1.82, 2.24) is 9.88 Å². The van der Waals surface area contributed by atoms with Crippen LogP contribution in [0.25, 0.3) is 0 Å². The van der Waals surface area contributed by atoms with E-state index in [2.05, 4.69) is 4.98 Å². The van der Waals surface area contributed by atoms with E-state index in [-0.39, 0.29) is 0 Å².